The number of aromatic amines is 2. The van der Waals surface area contributed by atoms with Gasteiger partial charge in [-0.3, -0.25) is 9.89 Å². The second-order valence-electron chi connectivity index (χ2n) is 6.23. The first-order valence-corrected chi connectivity index (χ1v) is 8.61. The van der Waals surface area contributed by atoms with Crippen LogP contribution < -0.4 is 11.1 Å². The first-order valence-electron chi connectivity index (χ1n) is 8.61. The van der Waals surface area contributed by atoms with Crippen LogP contribution in [0.2, 0.25) is 0 Å². The van der Waals surface area contributed by atoms with Gasteiger partial charge in [-0.25, -0.2) is 0 Å². The number of H-pyrrole nitrogens is 2. The number of anilines is 1. The van der Waals surface area contributed by atoms with Gasteiger partial charge in [0.15, 0.2) is 0 Å². The number of nitrogens with two attached hydrogens (primary N) is 1. The number of carbonyl (C=O) groups is 1. The molecule has 2 aromatic carbocycles. The average Bonchev–Trinajstić information content (AvgIpc) is 3.36. The molecule has 2 heterocycles. The molecule has 0 aliphatic rings. The van der Waals surface area contributed by atoms with Crippen LogP contribution >= 0.6 is 0 Å². The minimum absolute atomic E-state index is 0.215. The van der Waals surface area contributed by atoms with Crippen LogP contribution in [0.15, 0.2) is 78.9 Å². The first kappa shape index (κ1) is 16.7. The number of rotatable bonds is 5. The van der Waals surface area contributed by atoms with Crippen molar-refractivity contribution in [2.24, 2.45) is 5.73 Å². The number of amides is 1. The van der Waals surface area contributed by atoms with E-state index in [0.717, 1.165) is 27.6 Å². The number of fused-ring (bicyclic) bond motifs is 1. The molecular formula is C21H19N5O. The lowest BCUT2D eigenvalue weighted by molar-refractivity contribution is -0.112. The third kappa shape index (κ3) is 3.32. The van der Waals surface area contributed by atoms with Gasteiger partial charge in [-0.15, -0.1) is 0 Å². The Balaban J connectivity index is 1.60. The van der Waals surface area contributed by atoms with E-state index in [1.54, 1.807) is 6.20 Å². The maximum Gasteiger partial charge on any atom is 0.253 e. The van der Waals surface area contributed by atoms with Crippen molar-refractivity contribution in [2.75, 3.05) is 5.32 Å². The number of aromatic nitrogens is 3. The Hall–Kier alpha value is -3.80. The van der Waals surface area contributed by atoms with Gasteiger partial charge in [0.05, 0.1) is 17.4 Å². The molecule has 0 radical (unpaired) electrons. The molecule has 0 aliphatic heterocycles. The fourth-order valence-corrected chi connectivity index (χ4v) is 3.13. The highest BCUT2D eigenvalue weighted by atomic mass is 16.1. The van der Waals surface area contributed by atoms with Crippen molar-refractivity contribution in [1.82, 2.24) is 15.2 Å². The first-order chi connectivity index (χ1) is 13.3. The number of nitrogens with zero attached hydrogens (tertiary/aromatic N) is 1. The molecule has 0 saturated heterocycles. The Kier molecular flexibility index (Phi) is 4.45. The van der Waals surface area contributed by atoms with Crippen molar-refractivity contribution < 1.29 is 4.79 Å². The van der Waals surface area contributed by atoms with Crippen molar-refractivity contribution in [3.05, 3.63) is 84.5 Å². The quantitative estimate of drug-likeness (QED) is 0.411. The van der Waals surface area contributed by atoms with E-state index >= 15 is 0 Å². The molecule has 0 unspecified atom stereocenters. The van der Waals surface area contributed by atoms with Gasteiger partial charge in [-0.05, 0) is 11.6 Å². The number of carbonyl (C=O) groups excluding carboxylic acids is 1. The second kappa shape index (κ2) is 7.21. The summed E-state index contributed by atoms with van der Waals surface area (Å²) in [6, 6.07) is 15.6. The maximum atomic E-state index is 12.7. The maximum absolute atomic E-state index is 12.7. The van der Waals surface area contributed by atoms with E-state index < -0.39 is 0 Å². The molecule has 2 aromatic heterocycles. The van der Waals surface area contributed by atoms with Gasteiger partial charge in [0.2, 0.25) is 0 Å². The molecule has 134 valence electrons. The largest absolute Gasteiger partial charge is 0.404 e. The van der Waals surface area contributed by atoms with E-state index in [1.807, 2.05) is 60.9 Å². The van der Waals surface area contributed by atoms with Crippen molar-refractivity contribution in [3.8, 4) is 11.1 Å². The molecule has 6 heteroatoms. The Morgan fingerprint density at radius 3 is 2.70 bits per heavy atom. The fourth-order valence-electron chi connectivity index (χ4n) is 3.13. The van der Waals surface area contributed by atoms with E-state index in [2.05, 4.69) is 20.5 Å². The average molecular weight is 357 g/mol. The normalized spacial score (nSPS) is 11.6. The van der Waals surface area contributed by atoms with Gasteiger partial charge in [-0.2, -0.15) is 5.10 Å². The third-order valence-electron chi connectivity index (χ3n) is 4.50. The summed E-state index contributed by atoms with van der Waals surface area (Å²) >= 11 is 0. The van der Waals surface area contributed by atoms with E-state index in [-0.39, 0.29) is 5.91 Å². The van der Waals surface area contributed by atoms with Crippen LogP contribution in [-0.4, -0.2) is 21.1 Å². The SMILES string of the molecule is NC=C(Cc1ccccc1)C(=O)Nc1cccc2c(-c3cn[nH]c3)c[nH]c12. The summed E-state index contributed by atoms with van der Waals surface area (Å²) in [5.74, 6) is -0.215. The standard InChI is InChI=1S/C21H19N5O/c22-10-15(9-14-5-2-1-3-6-14)21(27)26-19-8-4-7-17-18(13-23-20(17)19)16-11-24-25-12-16/h1-8,10-13,23H,9,22H2,(H,24,25)(H,26,27). The highest BCUT2D eigenvalue weighted by molar-refractivity contribution is 6.10. The molecule has 0 spiro atoms. The molecule has 0 bridgehead atoms. The monoisotopic (exact) mass is 357 g/mol. The topological polar surface area (TPSA) is 99.6 Å². The molecule has 0 saturated carbocycles. The summed E-state index contributed by atoms with van der Waals surface area (Å²) in [5.41, 5.74) is 10.8. The molecule has 0 fully saturated rings. The molecule has 5 N–H and O–H groups in total. The molecule has 6 nitrogen and oxygen atoms in total. The van der Waals surface area contributed by atoms with Crippen molar-refractivity contribution in [1.29, 1.82) is 0 Å². The Labute approximate surface area is 156 Å². The zero-order valence-electron chi connectivity index (χ0n) is 14.6. The summed E-state index contributed by atoms with van der Waals surface area (Å²) in [6.07, 6.45) is 7.36. The van der Waals surface area contributed by atoms with E-state index in [1.165, 1.54) is 6.20 Å². The van der Waals surface area contributed by atoms with Crippen molar-refractivity contribution >= 4 is 22.5 Å². The Morgan fingerprint density at radius 1 is 1.11 bits per heavy atom. The zero-order chi connectivity index (χ0) is 18.6. The lowest BCUT2D eigenvalue weighted by Crippen LogP contribution is -2.17. The molecule has 4 aromatic rings. The minimum atomic E-state index is -0.215. The fraction of sp³-hybridized carbons (Fsp3) is 0.0476. The van der Waals surface area contributed by atoms with E-state index in [4.69, 9.17) is 5.73 Å². The van der Waals surface area contributed by atoms with Crippen LogP contribution in [0.4, 0.5) is 5.69 Å². The summed E-state index contributed by atoms with van der Waals surface area (Å²) in [5, 5.41) is 10.8. The summed E-state index contributed by atoms with van der Waals surface area (Å²) in [4.78, 5) is 16.0. The molecular weight excluding hydrogens is 338 g/mol. The molecule has 4 rings (SSSR count). The lowest BCUT2D eigenvalue weighted by Gasteiger charge is -2.10. The molecule has 0 atom stereocenters. The third-order valence-corrected chi connectivity index (χ3v) is 4.50. The highest BCUT2D eigenvalue weighted by Crippen LogP contribution is 2.32. The van der Waals surface area contributed by atoms with Crippen LogP contribution in [0, 0.1) is 0 Å². The summed E-state index contributed by atoms with van der Waals surface area (Å²) in [6.45, 7) is 0. The van der Waals surface area contributed by atoms with Gasteiger partial charge < -0.3 is 16.0 Å². The highest BCUT2D eigenvalue weighted by Gasteiger charge is 2.14. The molecule has 1 amide bonds. The van der Waals surface area contributed by atoms with Gasteiger partial charge in [0.1, 0.15) is 0 Å². The Morgan fingerprint density at radius 2 is 1.96 bits per heavy atom. The minimum Gasteiger partial charge on any atom is -0.404 e. The summed E-state index contributed by atoms with van der Waals surface area (Å²) < 4.78 is 0. The molecule has 27 heavy (non-hydrogen) atoms. The Bertz CT molecular complexity index is 1090. The van der Waals surface area contributed by atoms with Gasteiger partial charge >= 0.3 is 0 Å². The predicted octanol–water partition coefficient (Wildman–Crippen LogP) is 3.58. The van der Waals surface area contributed by atoms with Crippen LogP contribution in [0.1, 0.15) is 5.56 Å². The predicted molar refractivity (Wildman–Crippen MR) is 107 cm³/mol. The number of benzene rings is 2. The van der Waals surface area contributed by atoms with Gasteiger partial charge in [-0.1, -0.05) is 42.5 Å². The van der Waals surface area contributed by atoms with Crippen molar-refractivity contribution in [2.45, 2.75) is 6.42 Å². The number of hydrogen-bond acceptors (Lipinski definition) is 3. The van der Waals surface area contributed by atoms with E-state index in [9.17, 15) is 4.79 Å². The van der Waals surface area contributed by atoms with Crippen LogP contribution in [0.3, 0.4) is 0 Å². The van der Waals surface area contributed by atoms with Crippen molar-refractivity contribution in [3.63, 3.8) is 0 Å². The molecule has 0 aliphatic carbocycles. The second-order valence-corrected chi connectivity index (χ2v) is 6.23. The van der Waals surface area contributed by atoms with Crippen LogP contribution in [-0.2, 0) is 11.2 Å². The number of para-hydroxylation sites is 1. The van der Waals surface area contributed by atoms with Crippen LogP contribution in [0.25, 0.3) is 22.0 Å². The van der Waals surface area contributed by atoms with Gasteiger partial charge in [0.25, 0.3) is 5.91 Å². The zero-order valence-corrected chi connectivity index (χ0v) is 14.6. The summed E-state index contributed by atoms with van der Waals surface area (Å²) in [7, 11) is 0. The number of hydrogen-bond donors (Lipinski definition) is 4. The van der Waals surface area contributed by atoms with E-state index in [0.29, 0.717) is 17.7 Å². The number of nitrogens with one attached hydrogen (secondary N) is 3. The smallest absolute Gasteiger partial charge is 0.253 e. The lowest BCUT2D eigenvalue weighted by atomic mass is 10.0. The van der Waals surface area contributed by atoms with Crippen LogP contribution in [0.5, 0.6) is 0 Å². The van der Waals surface area contributed by atoms with Gasteiger partial charge in [0, 0.05) is 47.1 Å².